The van der Waals surface area contributed by atoms with Crippen LogP contribution < -0.4 is 4.74 Å². The summed E-state index contributed by atoms with van der Waals surface area (Å²) in [5.74, 6) is 0.874. The minimum atomic E-state index is 0.501. The molecule has 0 unspecified atom stereocenters. The number of hydrogen-bond donors (Lipinski definition) is 1. The Labute approximate surface area is 137 Å². The number of hydrogen-bond acceptors (Lipinski definition) is 1. The number of aryl methyl sites for hydroxylation is 1. The summed E-state index contributed by atoms with van der Waals surface area (Å²) in [6, 6.07) is 6.19. The fourth-order valence-corrected chi connectivity index (χ4v) is 2.94. The first-order valence-electron chi connectivity index (χ1n) is 7.79. The monoisotopic (exact) mass is 303 g/mol. The first-order valence-corrected chi connectivity index (χ1v) is 7.79. The molecule has 0 spiro atoms. The van der Waals surface area contributed by atoms with Crippen molar-refractivity contribution in [3.63, 3.8) is 0 Å². The van der Waals surface area contributed by atoms with Crippen molar-refractivity contribution in [3.05, 3.63) is 85.1 Å². The molecule has 3 rings (SSSR count). The van der Waals surface area contributed by atoms with Crippen molar-refractivity contribution in [2.24, 2.45) is 0 Å². The molecule has 0 saturated carbocycles. The first kappa shape index (κ1) is 15.2. The Bertz CT molecular complexity index is 833. The van der Waals surface area contributed by atoms with E-state index >= 15 is 0 Å². The van der Waals surface area contributed by atoms with E-state index in [0.717, 1.165) is 29.7 Å². The number of aromatic amines is 1. The van der Waals surface area contributed by atoms with Crippen LogP contribution in [0.25, 0.3) is 16.5 Å². The average molecular weight is 303 g/mol. The molecule has 0 fully saturated rings. The maximum atomic E-state index is 5.94. The molecule has 0 aliphatic heterocycles. The standard InChI is InChI=1S/C21H21NO/c1-4-6-8-16(7-5-2)14-23-17-10-12-20-19(13-17)18-11-9-15(3)21(18)22-20/h4-8,10,12-13,22H,1-3,9,11,14H2/b8-6-,16-7+. The molecule has 0 amide bonds. The van der Waals surface area contributed by atoms with Crippen LogP contribution in [0.5, 0.6) is 5.75 Å². The summed E-state index contributed by atoms with van der Waals surface area (Å²) in [7, 11) is 0. The van der Waals surface area contributed by atoms with Crippen LogP contribution in [-0.4, -0.2) is 11.6 Å². The minimum Gasteiger partial charge on any atom is -0.489 e. The second-order valence-electron chi connectivity index (χ2n) is 5.65. The van der Waals surface area contributed by atoms with Gasteiger partial charge in [-0.1, -0.05) is 50.1 Å². The van der Waals surface area contributed by atoms with Crippen molar-refractivity contribution < 1.29 is 4.74 Å². The number of benzene rings is 1. The second-order valence-corrected chi connectivity index (χ2v) is 5.65. The van der Waals surface area contributed by atoms with E-state index in [2.05, 4.69) is 36.9 Å². The zero-order chi connectivity index (χ0) is 16.2. The molecule has 0 bridgehead atoms. The molecular weight excluding hydrogens is 282 g/mol. The van der Waals surface area contributed by atoms with E-state index in [-0.39, 0.29) is 0 Å². The van der Waals surface area contributed by atoms with Gasteiger partial charge in [0.15, 0.2) is 0 Å². The van der Waals surface area contributed by atoms with Crippen LogP contribution in [0.3, 0.4) is 0 Å². The van der Waals surface area contributed by atoms with Gasteiger partial charge in [0.05, 0.1) is 0 Å². The van der Waals surface area contributed by atoms with Gasteiger partial charge in [-0.3, -0.25) is 0 Å². The van der Waals surface area contributed by atoms with Crippen molar-refractivity contribution in [1.29, 1.82) is 0 Å². The SMILES string of the molecule is C=C/C=C\C(=C/C=C)COc1ccc2[nH]c3c(c2c1)CCC3=C. The van der Waals surface area contributed by atoms with E-state index in [1.165, 1.54) is 22.2 Å². The second kappa shape index (κ2) is 6.57. The van der Waals surface area contributed by atoms with Gasteiger partial charge in [-0.05, 0) is 47.8 Å². The zero-order valence-electron chi connectivity index (χ0n) is 13.3. The molecule has 0 atom stereocenters. The van der Waals surface area contributed by atoms with Gasteiger partial charge >= 0.3 is 0 Å². The van der Waals surface area contributed by atoms with E-state index in [0.29, 0.717) is 6.61 Å². The number of ether oxygens (including phenoxy) is 1. The van der Waals surface area contributed by atoms with Crippen molar-refractivity contribution in [1.82, 2.24) is 4.98 Å². The fourth-order valence-electron chi connectivity index (χ4n) is 2.94. The predicted octanol–water partition coefficient (Wildman–Crippen LogP) is 5.36. The third-order valence-electron chi connectivity index (χ3n) is 4.09. The molecule has 1 aliphatic rings. The fraction of sp³-hybridized carbons (Fsp3) is 0.143. The Balaban J connectivity index is 1.82. The van der Waals surface area contributed by atoms with Gasteiger partial charge in [-0.25, -0.2) is 0 Å². The van der Waals surface area contributed by atoms with Crippen LogP contribution in [0.4, 0.5) is 0 Å². The molecule has 2 nitrogen and oxygen atoms in total. The lowest BCUT2D eigenvalue weighted by Crippen LogP contribution is -1.99. The summed E-state index contributed by atoms with van der Waals surface area (Å²) in [6.07, 6.45) is 11.4. The number of rotatable bonds is 6. The maximum absolute atomic E-state index is 5.94. The number of H-pyrrole nitrogens is 1. The van der Waals surface area contributed by atoms with Crippen molar-refractivity contribution >= 4 is 16.5 Å². The summed E-state index contributed by atoms with van der Waals surface area (Å²) < 4.78 is 5.94. The molecule has 1 aromatic heterocycles. The smallest absolute Gasteiger partial charge is 0.120 e. The highest BCUT2D eigenvalue weighted by Crippen LogP contribution is 2.37. The maximum Gasteiger partial charge on any atom is 0.120 e. The molecule has 0 saturated heterocycles. The van der Waals surface area contributed by atoms with Gasteiger partial charge in [-0.2, -0.15) is 0 Å². The van der Waals surface area contributed by atoms with Gasteiger partial charge in [0, 0.05) is 16.6 Å². The van der Waals surface area contributed by atoms with Crippen LogP contribution in [0.2, 0.25) is 0 Å². The van der Waals surface area contributed by atoms with Gasteiger partial charge in [-0.15, -0.1) is 0 Å². The van der Waals surface area contributed by atoms with Crippen LogP contribution in [-0.2, 0) is 6.42 Å². The highest BCUT2D eigenvalue weighted by atomic mass is 16.5. The van der Waals surface area contributed by atoms with Crippen LogP contribution in [0.15, 0.2) is 73.9 Å². The summed E-state index contributed by atoms with van der Waals surface area (Å²) in [5.41, 5.74) is 5.97. The molecule has 1 aliphatic carbocycles. The molecule has 116 valence electrons. The summed E-state index contributed by atoms with van der Waals surface area (Å²) in [4.78, 5) is 3.46. The minimum absolute atomic E-state index is 0.501. The Morgan fingerprint density at radius 2 is 2.09 bits per heavy atom. The van der Waals surface area contributed by atoms with Crippen LogP contribution >= 0.6 is 0 Å². The van der Waals surface area contributed by atoms with E-state index in [1.54, 1.807) is 12.2 Å². The van der Waals surface area contributed by atoms with Gasteiger partial charge in [0.25, 0.3) is 0 Å². The molecule has 0 radical (unpaired) electrons. The van der Waals surface area contributed by atoms with Crippen molar-refractivity contribution in [2.45, 2.75) is 12.8 Å². The van der Waals surface area contributed by atoms with Gasteiger partial charge < -0.3 is 9.72 Å². The lowest BCUT2D eigenvalue weighted by molar-refractivity contribution is 0.356. The normalized spacial score (nSPS) is 14.4. The van der Waals surface area contributed by atoms with E-state index in [1.807, 2.05) is 24.3 Å². The van der Waals surface area contributed by atoms with Crippen LogP contribution in [0.1, 0.15) is 17.7 Å². The first-order chi connectivity index (χ1) is 11.2. The Morgan fingerprint density at radius 3 is 2.87 bits per heavy atom. The molecule has 23 heavy (non-hydrogen) atoms. The van der Waals surface area contributed by atoms with Crippen LogP contribution in [0, 0.1) is 0 Å². The van der Waals surface area contributed by atoms with E-state index in [9.17, 15) is 0 Å². The molecule has 1 aromatic carbocycles. The van der Waals surface area contributed by atoms with Crippen molar-refractivity contribution in [2.75, 3.05) is 6.61 Å². The average Bonchev–Trinajstić information content (AvgIpc) is 3.10. The quantitative estimate of drug-likeness (QED) is 0.714. The lowest BCUT2D eigenvalue weighted by atomic mass is 10.1. The molecule has 1 N–H and O–H groups in total. The number of fused-ring (bicyclic) bond motifs is 3. The third kappa shape index (κ3) is 3.07. The topological polar surface area (TPSA) is 25.0 Å². The molecule has 2 heteroatoms. The van der Waals surface area contributed by atoms with Gasteiger partial charge in [0.2, 0.25) is 0 Å². The Morgan fingerprint density at radius 1 is 1.22 bits per heavy atom. The van der Waals surface area contributed by atoms with E-state index < -0.39 is 0 Å². The predicted molar refractivity (Wildman–Crippen MR) is 98.8 cm³/mol. The van der Waals surface area contributed by atoms with Crippen molar-refractivity contribution in [3.8, 4) is 5.75 Å². The summed E-state index contributed by atoms with van der Waals surface area (Å²) in [6.45, 7) is 12.1. The summed E-state index contributed by atoms with van der Waals surface area (Å²) in [5, 5.41) is 1.24. The summed E-state index contributed by atoms with van der Waals surface area (Å²) >= 11 is 0. The lowest BCUT2D eigenvalue weighted by Gasteiger charge is -2.07. The highest BCUT2D eigenvalue weighted by Gasteiger charge is 2.20. The molecule has 1 heterocycles. The molecule has 2 aromatic rings. The molecular formula is C21H21NO. The number of nitrogens with one attached hydrogen (secondary N) is 1. The Kier molecular flexibility index (Phi) is 4.33. The third-order valence-corrected chi connectivity index (χ3v) is 4.09. The number of aromatic nitrogens is 1. The Hall–Kier alpha value is -2.74. The zero-order valence-corrected chi connectivity index (χ0v) is 13.3. The van der Waals surface area contributed by atoms with Gasteiger partial charge in [0.1, 0.15) is 12.4 Å². The largest absolute Gasteiger partial charge is 0.489 e. The van der Waals surface area contributed by atoms with E-state index in [4.69, 9.17) is 4.74 Å². The highest BCUT2D eigenvalue weighted by molar-refractivity contribution is 5.92. The number of allylic oxidation sites excluding steroid dienone is 5.